The van der Waals surface area contributed by atoms with Crippen LogP contribution in [0.25, 0.3) is 0 Å². The third-order valence-electron chi connectivity index (χ3n) is 5.70. The van der Waals surface area contributed by atoms with Gasteiger partial charge in [-0.3, -0.25) is 14.5 Å². The Kier molecular flexibility index (Phi) is 5.79. The van der Waals surface area contributed by atoms with Crippen LogP contribution in [0, 0.1) is 13.8 Å². The highest BCUT2D eigenvalue weighted by molar-refractivity contribution is 6.11. The SMILES string of the molecule is Cc1cc(C(F)(F)F)cc(N2C(=O)[C@@H](O)[C@@H](O)[C@H]2C(=O)N2CCCOc3c(C)cccc32)n1. The van der Waals surface area contributed by atoms with Gasteiger partial charge in [0.15, 0.2) is 6.10 Å². The number of amides is 2. The molecule has 0 bridgehead atoms. The van der Waals surface area contributed by atoms with Crippen LogP contribution >= 0.6 is 0 Å². The maximum absolute atomic E-state index is 13.6. The van der Waals surface area contributed by atoms with Crippen LogP contribution in [0.15, 0.2) is 30.3 Å². The molecule has 0 radical (unpaired) electrons. The number of hydrogen-bond acceptors (Lipinski definition) is 6. The van der Waals surface area contributed by atoms with Gasteiger partial charge in [0, 0.05) is 12.2 Å². The van der Waals surface area contributed by atoms with Crippen molar-refractivity contribution in [3.8, 4) is 5.75 Å². The topological polar surface area (TPSA) is 103 Å². The second-order valence-electron chi connectivity index (χ2n) is 8.06. The molecule has 1 aromatic heterocycles. The summed E-state index contributed by atoms with van der Waals surface area (Å²) in [5, 5.41) is 20.8. The van der Waals surface area contributed by atoms with Gasteiger partial charge in [0.25, 0.3) is 11.8 Å². The lowest BCUT2D eigenvalue weighted by Gasteiger charge is -2.31. The van der Waals surface area contributed by atoms with Crippen molar-refractivity contribution in [3.05, 3.63) is 47.2 Å². The second kappa shape index (κ2) is 8.31. The molecular weight excluding hydrogens is 443 g/mol. The van der Waals surface area contributed by atoms with E-state index >= 15 is 0 Å². The van der Waals surface area contributed by atoms with E-state index in [0.717, 1.165) is 11.6 Å². The molecule has 3 atom stereocenters. The standard InChI is InChI=1S/C22H22F3N3O5/c1-11-5-3-6-14-19(11)33-8-4-7-27(14)20(31)16-17(29)18(30)21(32)28(16)15-10-13(22(23,24)25)9-12(2)26-15/h3,5-6,9-10,16-18,29-30H,4,7-8H2,1-2H3/t16-,17-,18-/m0/s1. The molecule has 4 rings (SSSR count). The lowest BCUT2D eigenvalue weighted by molar-refractivity contribution is -0.137. The minimum atomic E-state index is -4.72. The number of pyridine rings is 1. The number of aryl methyl sites for hydroxylation is 2. The van der Waals surface area contributed by atoms with Crippen molar-refractivity contribution >= 4 is 23.3 Å². The first-order valence-electron chi connectivity index (χ1n) is 10.3. The number of carbonyl (C=O) groups excluding carboxylic acids is 2. The zero-order chi connectivity index (χ0) is 24.1. The third kappa shape index (κ3) is 4.02. The van der Waals surface area contributed by atoms with Crippen LogP contribution in [-0.2, 0) is 15.8 Å². The molecule has 176 valence electrons. The Labute approximate surface area is 187 Å². The predicted molar refractivity (Wildman–Crippen MR) is 111 cm³/mol. The van der Waals surface area contributed by atoms with Gasteiger partial charge in [-0.15, -0.1) is 0 Å². The first-order valence-corrected chi connectivity index (χ1v) is 10.3. The van der Waals surface area contributed by atoms with Crippen molar-refractivity contribution in [1.29, 1.82) is 0 Å². The Morgan fingerprint density at radius 1 is 1.21 bits per heavy atom. The van der Waals surface area contributed by atoms with Crippen molar-refractivity contribution in [1.82, 2.24) is 4.98 Å². The first kappa shape index (κ1) is 23.0. The first-order chi connectivity index (χ1) is 15.5. The van der Waals surface area contributed by atoms with Gasteiger partial charge in [0.05, 0.1) is 17.9 Å². The average molecular weight is 465 g/mol. The van der Waals surface area contributed by atoms with Gasteiger partial charge >= 0.3 is 6.18 Å². The van der Waals surface area contributed by atoms with E-state index in [0.29, 0.717) is 35.4 Å². The summed E-state index contributed by atoms with van der Waals surface area (Å²) in [6.07, 6.45) is -8.13. The zero-order valence-electron chi connectivity index (χ0n) is 17.8. The molecule has 0 saturated carbocycles. The summed E-state index contributed by atoms with van der Waals surface area (Å²) >= 11 is 0. The van der Waals surface area contributed by atoms with E-state index in [1.807, 2.05) is 0 Å². The summed E-state index contributed by atoms with van der Waals surface area (Å²) in [5.41, 5.74) is 0.0665. The molecule has 1 fully saturated rings. The lowest BCUT2D eigenvalue weighted by Crippen LogP contribution is -2.51. The number of aliphatic hydroxyl groups is 2. The number of halogens is 3. The number of nitrogens with zero attached hydrogens (tertiary/aromatic N) is 3. The molecule has 2 aromatic rings. The number of ether oxygens (including phenoxy) is 1. The van der Waals surface area contributed by atoms with E-state index in [9.17, 15) is 33.0 Å². The monoisotopic (exact) mass is 465 g/mol. The van der Waals surface area contributed by atoms with Gasteiger partial charge in [-0.2, -0.15) is 13.2 Å². The van der Waals surface area contributed by atoms with Crippen LogP contribution in [0.3, 0.4) is 0 Å². The fraction of sp³-hybridized carbons (Fsp3) is 0.409. The van der Waals surface area contributed by atoms with Crippen molar-refractivity contribution in [2.24, 2.45) is 0 Å². The predicted octanol–water partition coefficient (Wildman–Crippen LogP) is 1.97. The van der Waals surface area contributed by atoms with E-state index in [-0.39, 0.29) is 12.2 Å². The summed E-state index contributed by atoms with van der Waals surface area (Å²) in [6.45, 7) is 3.63. The number of hydrogen-bond donors (Lipinski definition) is 2. The molecule has 0 unspecified atom stereocenters. The lowest BCUT2D eigenvalue weighted by atomic mass is 10.1. The molecular formula is C22H22F3N3O5. The van der Waals surface area contributed by atoms with Crippen LogP contribution < -0.4 is 14.5 Å². The summed E-state index contributed by atoms with van der Waals surface area (Å²) in [5.74, 6) is -1.89. The maximum atomic E-state index is 13.6. The molecule has 8 nitrogen and oxygen atoms in total. The third-order valence-corrected chi connectivity index (χ3v) is 5.70. The highest BCUT2D eigenvalue weighted by Crippen LogP contribution is 2.38. The van der Waals surface area contributed by atoms with Crippen LogP contribution in [0.2, 0.25) is 0 Å². The Hall–Kier alpha value is -3.18. The van der Waals surface area contributed by atoms with Crippen molar-refractivity contribution in [2.75, 3.05) is 23.0 Å². The molecule has 3 heterocycles. The smallest absolute Gasteiger partial charge is 0.416 e. The van der Waals surface area contributed by atoms with Gasteiger partial charge in [-0.1, -0.05) is 12.1 Å². The summed E-state index contributed by atoms with van der Waals surface area (Å²) in [6, 6.07) is 4.91. The van der Waals surface area contributed by atoms with Gasteiger partial charge in [0.1, 0.15) is 23.7 Å². The van der Waals surface area contributed by atoms with Crippen LogP contribution in [-0.4, -0.2) is 58.4 Å². The van der Waals surface area contributed by atoms with Gasteiger partial charge in [0.2, 0.25) is 0 Å². The number of rotatable bonds is 2. The van der Waals surface area contributed by atoms with Gasteiger partial charge < -0.3 is 19.8 Å². The minimum Gasteiger partial charge on any atom is -0.491 e. The van der Waals surface area contributed by atoms with E-state index < -0.39 is 47.6 Å². The molecule has 2 aliphatic rings. The Balaban J connectivity index is 1.80. The van der Waals surface area contributed by atoms with Crippen molar-refractivity contribution < 1.29 is 37.7 Å². The molecule has 11 heteroatoms. The van der Waals surface area contributed by atoms with Crippen LogP contribution in [0.4, 0.5) is 24.7 Å². The summed E-state index contributed by atoms with van der Waals surface area (Å²) < 4.78 is 45.8. The normalized spacial score (nSPS) is 23.2. The number of aromatic nitrogens is 1. The molecule has 2 amide bonds. The second-order valence-corrected chi connectivity index (χ2v) is 8.06. The van der Waals surface area contributed by atoms with E-state index in [1.165, 1.54) is 11.8 Å². The molecule has 2 aliphatic heterocycles. The number of benzene rings is 1. The highest BCUT2D eigenvalue weighted by atomic mass is 19.4. The molecule has 1 aromatic carbocycles. The Morgan fingerprint density at radius 3 is 2.64 bits per heavy atom. The molecule has 1 saturated heterocycles. The number of alkyl halides is 3. The molecule has 33 heavy (non-hydrogen) atoms. The quantitative estimate of drug-likeness (QED) is 0.703. The number of para-hydroxylation sites is 1. The number of aliphatic hydroxyl groups excluding tert-OH is 2. The fourth-order valence-electron chi connectivity index (χ4n) is 4.14. The number of fused-ring (bicyclic) bond motifs is 1. The number of carbonyl (C=O) groups is 2. The highest BCUT2D eigenvalue weighted by Gasteiger charge is 2.53. The summed E-state index contributed by atoms with van der Waals surface area (Å²) in [4.78, 5) is 32.4. The fourth-order valence-corrected chi connectivity index (χ4v) is 4.14. The van der Waals surface area contributed by atoms with E-state index in [4.69, 9.17) is 4.74 Å². The largest absolute Gasteiger partial charge is 0.491 e. The van der Waals surface area contributed by atoms with Crippen molar-refractivity contribution in [3.63, 3.8) is 0 Å². The van der Waals surface area contributed by atoms with Crippen molar-refractivity contribution in [2.45, 2.75) is 44.7 Å². The maximum Gasteiger partial charge on any atom is 0.416 e. The Morgan fingerprint density at radius 2 is 1.94 bits per heavy atom. The van der Waals surface area contributed by atoms with Gasteiger partial charge in [-0.25, -0.2) is 4.98 Å². The van der Waals surface area contributed by atoms with Crippen LogP contribution in [0.5, 0.6) is 5.75 Å². The van der Waals surface area contributed by atoms with Gasteiger partial charge in [-0.05, 0) is 44.0 Å². The zero-order valence-corrected chi connectivity index (χ0v) is 17.8. The van der Waals surface area contributed by atoms with E-state index in [1.54, 1.807) is 25.1 Å². The van der Waals surface area contributed by atoms with E-state index in [2.05, 4.69) is 4.98 Å². The summed E-state index contributed by atoms with van der Waals surface area (Å²) in [7, 11) is 0. The number of anilines is 2. The minimum absolute atomic E-state index is 0.0427. The molecule has 2 N–H and O–H groups in total. The Bertz CT molecular complexity index is 1110. The average Bonchev–Trinajstić information content (AvgIpc) is 2.89. The molecule has 0 aliphatic carbocycles. The molecule has 0 spiro atoms. The van der Waals surface area contributed by atoms with Crippen LogP contribution in [0.1, 0.15) is 23.2 Å².